The first-order valence-electron chi connectivity index (χ1n) is 5.83. The molecule has 1 aromatic carbocycles. The highest BCUT2D eigenvalue weighted by atomic mass is 32.1. The Balaban J connectivity index is 1.99. The first kappa shape index (κ1) is 11.3. The maximum atomic E-state index is 11.4. The fourth-order valence-electron chi connectivity index (χ4n) is 2.24. The van der Waals surface area contributed by atoms with Gasteiger partial charge in [-0.2, -0.15) is 0 Å². The molecule has 0 saturated carbocycles. The molecule has 2 aromatic heterocycles. The van der Waals surface area contributed by atoms with Crippen molar-refractivity contribution >= 4 is 22.3 Å². The lowest BCUT2D eigenvalue weighted by Gasteiger charge is -2.04. The molecule has 7 heteroatoms. The van der Waals surface area contributed by atoms with Gasteiger partial charge in [0.2, 0.25) is 6.79 Å². The second kappa shape index (κ2) is 3.97. The first-order valence-corrected chi connectivity index (χ1v) is 6.65. The van der Waals surface area contributed by atoms with Crippen molar-refractivity contribution in [2.45, 2.75) is 0 Å². The molecule has 0 amide bonds. The zero-order valence-corrected chi connectivity index (χ0v) is 10.9. The van der Waals surface area contributed by atoms with Crippen LogP contribution in [0.4, 0.5) is 0 Å². The van der Waals surface area contributed by atoms with Gasteiger partial charge in [-0.25, -0.2) is 9.78 Å². The molecule has 6 nitrogen and oxygen atoms in total. The quantitative estimate of drug-likeness (QED) is 0.784. The van der Waals surface area contributed by atoms with E-state index in [9.17, 15) is 9.90 Å². The third kappa shape index (κ3) is 1.50. The number of ether oxygens (including phenoxy) is 2. The summed E-state index contributed by atoms with van der Waals surface area (Å²) in [5.41, 5.74) is 1.37. The van der Waals surface area contributed by atoms with Crippen molar-refractivity contribution in [3.05, 3.63) is 35.5 Å². The van der Waals surface area contributed by atoms with E-state index in [4.69, 9.17) is 9.47 Å². The van der Waals surface area contributed by atoms with Gasteiger partial charge in [-0.1, -0.05) is 11.3 Å². The number of carboxylic acid groups (broad SMARTS) is 1. The van der Waals surface area contributed by atoms with Gasteiger partial charge >= 0.3 is 5.97 Å². The van der Waals surface area contributed by atoms with Crippen LogP contribution in [0.1, 0.15) is 9.67 Å². The van der Waals surface area contributed by atoms with E-state index in [2.05, 4.69) is 4.98 Å². The number of thiazole rings is 1. The summed E-state index contributed by atoms with van der Waals surface area (Å²) in [7, 11) is 0. The normalized spacial score (nSPS) is 13.0. The van der Waals surface area contributed by atoms with Crippen LogP contribution in [0.15, 0.2) is 30.6 Å². The maximum Gasteiger partial charge on any atom is 0.348 e. The van der Waals surface area contributed by atoms with Gasteiger partial charge in [-0.05, 0) is 18.2 Å². The lowest BCUT2D eigenvalue weighted by Crippen LogP contribution is -1.97. The number of benzene rings is 1. The van der Waals surface area contributed by atoms with E-state index in [0.717, 1.165) is 16.9 Å². The van der Waals surface area contributed by atoms with Gasteiger partial charge in [0, 0.05) is 18.0 Å². The minimum Gasteiger partial charge on any atom is -0.477 e. The Morgan fingerprint density at radius 3 is 3.05 bits per heavy atom. The average molecular weight is 288 g/mol. The first-order chi connectivity index (χ1) is 9.74. The highest BCUT2D eigenvalue weighted by molar-refractivity contribution is 7.19. The number of rotatable bonds is 2. The molecular formula is C13H8N2O4S. The van der Waals surface area contributed by atoms with Gasteiger partial charge in [0.05, 0.1) is 5.69 Å². The Kier molecular flexibility index (Phi) is 2.25. The van der Waals surface area contributed by atoms with Crippen LogP contribution < -0.4 is 9.47 Å². The molecule has 0 spiro atoms. The van der Waals surface area contributed by atoms with Crippen molar-refractivity contribution in [1.82, 2.24) is 9.38 Å². The van der Waals surface area contributed by atoms with Gasteiger partial charge < -0.3 is 14.6 Å². The van der Waals surface area contributed by atoms with E-state index in [-0.39, 0.29) is 11.7 Å². The van der Waals surface area contributed by atoms with Gasteiger partial charge in [0.15, 0.2) is 16.5 Å². The van der Waals surface area contributed by atoms with Crippen molar-refractivity contribution in [3.8, 4) is 22.8 Å². The molecule has 4 rings (SSSR count). The predicted molar refractivity (Wildman–Crippen MR) is 71.6 cm³/mol. The van der Waals surface area contributed by atoms with Crippen molar-refractivity contribution in [2.24, 2.45) is 0 Å². The zero-order chi connectivity index (χ0) is 13.7. The Labute approximate surface area is 116 Å². The van der Waals surface area contributed by atoms with E-state index in [0.29, 0.717) is 22.2 Å². The molecule has 3 heterocycles. The molecule has 0 radical (unpaired) electrons. The topological polar surface area (TPSA) is 73.1 Å². The molecule has 0 fully saturated rings. The van der Waals surface area contributed by atoms with Crippen LogP contribution >= 0.6 is 11.3 Å². The molecule has 0 bridgehead atoms. The fourth-order valence-corrected chi connectivity index (χ4v) is 3.19. The van der Waals surface area contributed by atoms with Crippen LogP contribution in [0.25, 0.3) is 16.2 Å². The van der Waals surface area contributed by atoms with Crippen LogP contribution in [0.5, 0.6) is 11.5 Å². The van der Waals surface area contributed by atoms with Gasteiger partial charge in [-0.15, -0.1) is 0 Å². The molecule has 1 aliphatic rings. The number of nitrogens with zero attached hydrogens (tertiary/aromatic N) is 2. The summed E-state index contributed by atoms with van der Waals surface area (Å²) in [6, 6.07) is 5.39. The molecular weight excluding hydrogens is 280 g/mol. The van der Waals surface area contributed by atoms with Crippen LogP contribution in [0, 0.1) is 0 Å². The zero-order valence-electron chi connectivity index (χ0n) is 10.1. The molecule has 0 saturated heterocycles. The largest absolute Gasteiger partial charge is 0.477 e. The molecule has 3 aromatic rings. The Morgan fingerprint density at radius 1 is 1.35 bits per heavy atom. The van der Waals surface area contributed by atoms with E-state index in [1.165, 1.54) is 0 Å². The Bertz CT molecular complexity index is 836. The van der Waals surface area contributed by atoms with Gasteiger partial charge in [0.1, 0.15) is 4.88 Å². The number of hydrogen-bond donors (Lipinski definition) is 1. The van der Waals surface area contributed by atoms with E-state index in [1.807, 2.05) is 6.07 Å². The number of aromatic nitrogens is 2. The monoisotopic (exact) mass is 288 g/mol. The number of carboxylic acids is 1. The van der Waals surface area contributed by atoms with Crippen LogP contribution in [0.2, 0.25) is 0 Å². The smallest absolute Gasteiger partial charge is 0.348 e. The Hall–Kier alpha value is -2.54. The van der Waals surface area contributed by atoms with Crippen LogP contribution in [0.3, 0.4) is 0 Å². The summed E-state index contributed by atoms with van der Waals surface area (Å²) in [6.07, 6.45) is 3.39. The number of hydrogen-bond acceptors (Lipinski definition) is 5. The standard InChI is InChI=1S/C13H8N2O4S/c16-12(17)11-10(15-4-3-14-13(15)20-11)7-1-2-8-9(5-7)19-6-18-8/h1-5H,6H2,(H,16,17). The van der Waals surface area contributed by atoms with Crippen molar-refractivity contribution < 1.29 is 19.4 Å². The molecule has 1 aliphatic heterocycles. The summed E-state index contributed by atoms with van der Waals surface area (Å²) in [6.45, 7) is 0.189. The molecule has 100 valence electrons. The summed E-state index contributed by atoms with van der Waals surface area (Å²) in [5, 5.41) is 9.35. The molecule has 0 aliphatic carbocycles. The SMILES string of the molecule is O=C(O)c1sc2nccn2c1-c1ccc2c(c1)OCO2. The highest BCUT2D eigenvalue weighted by Crippen LogP contribution is 2.38. The molecule has 1 N–H and O–H groups in total. The van der Waals surface area contributed by atoms with E-state index in [1.54, 1.807) is 28.9 Å². The van der Waals surface area contributed by atoms with E-state index < -0.39 is 5.97 Å². The Morgan fingerprint density at radius 2 is 2.20 bits per heavy atom. The lowest BCUT2D eigenvalue weighted by molar-refractivity contribution is 0.0702. The van der Waals surface area contributed by atoms with Gasteiger partial charge in [-0.3, -0.25) is 4.40 Å². The second-order valence-corrected chi connectivity index (χ2v) is 5.21. The summed E-state index contributed by atoms with van der Waals surface area (Å²) >= 11 is 1.15. The third-order valence-corrected chi connectivity index (χ3v) is 4.15. The number of fused-ring (bicyclic) bond motifs is 2. The van der Waals surface area contributed by atoms with Crippen LogP contribution in [-0.2, 0) is 0 Å². The molecule has 0 atom stereocenters. The van der Waals surface area contributed by atoms with Crippen molar-refractivity contribution in [1.29, 1.82) is 0 Å². The predicted octanol–water partition coefficient (Wildman–Crippen LogP) is 2.49. The minimum absolute atomic E-state index is 0.189. The number of aromatic carboxylic acids is 1. The van der Waals surface area contributed by atoms with Crippen molar-refractivity contribution in [2.75, 3.05) is 6.79 Å². The lowest BCUT2D eigenvalue weighted by atomic mass is 10.1. The van der Waals surface area contributed by atoms with E-state index >= 15 is 0 Å². The summed E-state index contributed by atoms with van der Waals surface area (Å²) < 4.78 is 12.4. The van der Waals surface area contributed by atoms with Gasteiger partial charge in [0.25, 0.3) is 0 Å². The second-order valence-electron chi connectivity index (χ2n) is 4.23. The number of carbonyl (C=O) groups is 1. The number of imidazole rings is 1. The highest BCUT2D eigenvalue weighted by Gasteiger charge is 2.22. The minimum atomic E-state index is -0.965. The van der Waals surface area contributed by atoms with Crippen molar-refractivity contribution in [3.63, 3.8) is 0 Å². The summed E-state index contributed by atoms with van der Waals surface area (Å²) in [5.74, 6) is 0.328. The third-order valence-electron chi connectivity index (χ3n) is 3.10. The molecule has 0 unspecified atom stereocenters. The van der Waals surface area contributed by atoms with Crippen LogP contribution in [-0.4, -0.2) is 27.3 Å². The summed E-state index contributed by atoms with van der Waals surface area (Å²) in [4.78, 5) is 16.5. The maximum absolute atomic E-state index is 11.4. The fraction of sp³-hybridized carbons (Fsp3) is 0.0769. The molecule has 20 heavy (non-hydrogen) atoms. The average Bonchev–Trinajstić information content (AvgIpc) is 3.12.